The molecule has 2 aromatic rings. The fraction of sp³-hybridized carbons (Fsp3) is 0.0909. The Morgan fingerprint density at radius 2 is 1.94 bits per heavy atom. The van der Waals surface area contributed by atoms with Crippen molar-refractivity contribution in [3.63, 3.8) is 0 Å². The number of H-pyrrole nitrogens is 1. The topological polar surface area (TPSA) is 106 Å². The number of aromatic amines is 1. The molecule has 94 valence electrons. The summed E-state index contributed by atoms with van der Waals surface area (Å²) in [5.41, 5.74) is 1.28. The van der Waals surface area contributed by atoms with E-state index < -0.39 is 10.0 Å². The lowest BCUT2D eigenvalue weighted by atomic mass is 10.1. The number of primary sulfonamides is 1. The minimum Gasteiger partial charge on any atom is -0.268 e. The summed E-state index contributed by atoms with van der Waals surface area (Å²) in [4.78, 5) is 10.9. The maximum atomic E-state index is 11.4. The Kier molecular flexibility index (Phi) is 3.02. The van der Waals surface area contributed by atoms with Crippen molar-refractivity contribution in [2.24, 2.45) is 5.14 Å². The largest absolute Gasteiger partial charge is 0.268 e. The average Bonchev–Trinajstić information content (AvgIpc) is 2.29. The smallest absolute Gasteiger partial charge is 0.264 e. The Labute approximate surface area is 104 Å². The second-order valence-electron chi connectivity index (χ2n) is 3.83. The molecule has 0 radical (unpaired) electrons. The molecule has 0 aliphatic carbocycles. The lowest BCUT2D eigenvalue weighted by molar-refractivity contribution is 0.597. The SMILES string of the molecule is Cc1ccc(-c2ccc(=O)[nH]n2)cc1S(N)(=O)=O. The van der Waals surface area contributed by atoms with Crippen LogP contribution >= 0.6 is 0 Å². The summed E-state index contributed by atoms with van der Waals surface area (Å²) in [7, 11) is -3.77. The van der Waals surface area contributed by atoms with Gasteiger partial charge in [-0.2, -0.15) is 5.10 Å². The van der Waals surface area contributed by atoms with Gasteiger partial charge in [0.25, 0.3) is 5.56 Å². The molecule has 0 bridgehead atoms. The molecule has 1 aromatic heterocycles. The molecule has 0 saturated carbocycles. The standard InChI is InChI=1S/C11H11N3O3S/c1-7-2-3-8(6-10(7)18(12,16)17)9-4-5-11(15)14-13-9/h2-6H,1H3,(H,14,15)(H2,12,16,17). The van der Waals surface area contributed by atoms with E-state index in [2.05, 4.69) is 10.2 Å². The molecular formula is C11H11N3O3S. The molecule has 1 aromatic carbocycles. The molecule has 0 aliphatic rings. The summed E-state index contributed by atoms with van der Waals surface area (Å²) in [5, 5.41) is 11.2. The highest BCUT2D eigenvalue weighted by Crippen LogP contribution is 2.22. The highest BCUT2D eigenvalue weighted by Gasteiger charge is 2.13. The second kappa shape index (κ2) is 4.35. The first-order valence-electron chi connectivity index (χ1n) is 5.07. The molecule has 0 aliphatic heterocycles. The molecule has 0 saturated heterocycles. The zero-order valence-corrected chi connectivity index (χ0v) is 10.4. The van der Waals surface area contributed by atoms with Gasteiger partial charge in [0, 0.05) is 11.6 Å². The van der Waals surface area contributed by atoms with E-state index in [1.807, 2.05) is 0 Å². The normalized spacial score (nSPS) is 11.4. The van der Waals surface area contributed by atoms with Gasteiger partial charge in [-0.25, -0.2) is 18.7 Å². The third-order valence-corrected chi connectivity index (χ3v) is 3.52. The molecule has 18 heavy (non-hydrogen) atoms. The van der Waals surface area contributed by atoms with Gasteiger partial charge in [0.15, 0.2) is 0 Å². The van der Waals surface area contributed by atoms with Crippen LogP contribution in [0.1, 0.15) is 5.56 Å². The lowest BCUT2D eigenvalue weighted by Gasteiger charge is -2.06. The Morgan fingerprint density at radius 1 is 1.22 bits per heavy atom. The van der Waals surface area contributed by atoms with Crippen LogP contribution in [-0.4, -0.2) is 18.6 Å². The molecule has 2 rings (SSSR count). The lowest BCUT2D eigenvalue weighted by Crippen LogP contribution is -2.14. The van der Waals surface area contributed by atoms with Crippen molar-refractivity contribution in [1.29, 1.82) is 0 Å². The number of hydrogen-bond acceptors (Lipinski definition) is 4. The monoisotopic (exact) mass is 265 g/mol. The predicted molar refractivity (Wildman–Crippen MR) is 66.4 cm³/mol. The molecule has 6 nitrogen and oxygen atoms in total. The summed E-state index contributed by atoms with van der Waals surface area (Å²) in [6.45, 7) is 1.66. The zero-order chi connectivity index (χ0) is 13.3. The summed E-state index contributed by atoms with van der Waals surface area (Å²) < 4.78 is 22.8. The number of aromatic nitrogens is 2. The molecule has 1 heterocycles. The Balaban J connectivity index is 2.61. The van der Waals surface area contributed by atoms with Gasteiger partial charge in [0.2, 0.25) is 10.0 Å². The molecular weight excluding hydrogens is 254 g/mol. The third kappa shape index (κ3) is 2.47. The van der Waals surface area contributed by atoms with Gasteiger partial charge in [0.1, 0.15) is 0 Å². The maximum absolute atomic E-state index is 11.4. The molecule has 7 heteroatoms. The minimum atomic E-state index is -3.77. The van der Waals surface area contributed by atoms with Crippen LogP contribution in [0.15, 0.2) is 40.0 Å². The number of hydrogen-bond donors (Lipinski definition) is 2. The van der Waals surface area contributed by atoms with Crippen molar-refractivity contribution < 1.29 is 8.42 Å². The van der Waals surface area contributed by atoms with E-state index in [1.165, 1.54) is 18.2 Å². The fourth-order valence-corrected chi connectivity index (χ4v) is 2.38. The minimum absolute atomic E-state index is 0.0491. The molecule has 0 atom stereocenters. The van der Waals surface area contributed by atoms with Crippen LogP contribution in [0.5, 0.6) is 0 Å². The van der Waals surface area contributed by atoms with E-state index in [1.54, 1.807) is 19.1 Å². The van der Waals surface area contributed by atoms with Gasteiger partial charge in [0.05, 0.1) is 10.6 Å². The van der Waals surface area contributed by atoms with Gasteiger partial charge >= 0.3 is 0 Å². The molecule has 3 N–H and O–H groups in total. The van der Waals surface area contributed by atoms with Gasteiger partial charge in [-0.1, -0.05) is 12.1 Å². The van der Waals surface area contributed by atoms with E-state index in [0.717, 1.165) is 0 Å². The zero-order valence-electron chi connectivity index (χ0n) is 9.54. The van der Waals surface area contributed by atoms with Crippen LogP contribution in [0, 0.1) is 6.92 Å². The first kappa shape index (κ1) is 12.5. The number of nitrogens with zero attached hydrogens (tertiary/aromatic N) is 1. The van der Waals surface area contributed by atoms with Gasteiger partial charge in [-0.15, -0.1) is 0 Å². The van der Waals surface area contributed by atoms with E-state index in [4.69, 9.17) is 5.14 Å². The van der Waals surface area contributed by atoms with E-state index in [0.29, 0.717) is 16.8 Å². The number of rotatable bonds is 2. The Hall–Kier alpha value is -1.99. The van der Waals surface area contributed by atoms with Crippen molar-refractivity contribution in [1.82, 2.24) is 10.2 Å². The molecule has 0 unspecified atom stereocenters. The van der Waals surface area contributed by atoms with Gasteiger partial charge in [-0.05, 0) is 24.6 Å². The van der Waals surface area contributed by atoms with Crippen molar-refractivity contribution in [2.75, 3.05) is 0 Å². The summed E-state index contributed by atoms with van der Waals surface area (Å²) in [6.07, 6.45) is 0. The number of benzene rings is 1. The van der Waals surface area contributed by atoms with E-state index in [9.17, 15) is 13.2 Å². The maximum Gasteiger partial charge on any atom is 0.264 e. The molecule has 0 amide bonds. The summed E-state index contributed by atoms with van der Waals surface area (Å²) >= 11 is 0. The molecule has 0 spiro atoms. The molecule has 0 fully saturated rings. The van der Waals surface area contributed by atoms with Crippen LogP contribution in [0.4, 0.5) is 0 Å². The van der Waals surface area contributed by atoms with Crippen molar-refractivity contribution in [3.05, 3.63) is 46.2 Å². The Morgan fingerprint density at radius 3 is 2.50 bits per heavy atom. The van der Waals surface area contributed by atoms with Crippen LogP contribution < -0.4 is 10.7 Å². The van der Waals surface area contributed by atoms with Crippen molar-refractivity contribution >= 4 is 10.0 Å². The number of nitrogens with one attached hydrogen (secondary N) is 1. The van der Waals surface area contributed by atoms with Crippen LogP contribution in [-0.2, 0) is 10.0 Å². The number of nitrogens with two attached hydrogens (primary N) is 1. The van der Waals surface area contributed by atoms with Crippen LogP contribution in [0.2, 0.25) is 0 Å². The van der Waals surface area contributed by atoms with E-state index in [-0.39, 0.29) is 10.5 Å². The highest BCUT2D eigenvalue weighted by molar-refractivity contribution is 7.89. The van der Waals surface area contributed by atoms with Crippen LogP contribution in [0.3, 0.4) is 0 Å². The number of sulfonamides is 1. The second-order valence-corrected chi connectivity index (χ2v) is 5.36. The van der Waals surface area contributed by atoms with E-state index >= 15 is 0 Å². The highest BCUT2D eigenvalue weighted by atomic mass is 32.2. The fourth-order valence-electron chi connectivity index (χ4n) is 1.57. The summed E-state index contributed by atoms with van der Waals surface area (Å²) in [6, 6.07) is 7.62. The van der Waals surface area contributed by atoms with Crippen LogP contribution in [0.25, 0.3) is 11.3 Å². The van der Waals surface area contributed by atoms with Gasteiger partial charge < -0.3 is 0 Å². The predicted octanol–water partition coefficient (Wildman–Crippen LogP) is 0.393. The first-order chi connectivity index (χ1) is 8.38. The van der Waals surface area contributed by atoms with Gasteiger partial charge in [-0.3, -0.25) is 4.79 Å². The number of aryl methyl sites for hydroxylation is 1. The van der Waals surface area contributed by atoms with Crippen molar-refractivity contribution in [2.45, 2.75) is 11.8 Å². The van der Waals surface area contributed by atoms with Crippen molar-refractivity contribution in [3.8, 4) is 11.3 Å². The first-order valence-corrected chi connectivity index (χ1v) is 6.62. The average molecular weight is 265 g/mol. The quantitative estimate of drug-likeness (QED) is 0.819. The third-order valence-electron chi connectivity index (χ3n) is 2.47. The Bertz CT molecular complexity index is 730. The summed E-state index contributed by atoms with van der Waals surface area (Å²) in [5.74, 6) is 0.